The van der Waals surface area contributed by atoms with Gasteiger partial charge in [0.15, 0.2) is 0 Å². The maximum Gasteiger partial charge on any atom is 0.203 e. The van der Waals surface area contributed by atoms with Gasteiger partial charge in [0.1, 0.15) is 0 Å². The molecule has 0 spiro atoms. The highest BCUT2D eigenvalue weighted by Crippen LogP contribution is 2.11. The summed E-state index contributed by atoms with van der Waals surface area (Å²) in [6.07, 6.45) is 6.95. The van der Waals surface area contributed by atoms with Gasteiger partial charge in [-0.2, -0.15) is 5.10 Å². The molecule has 5 nitrogen and oxygen atoms in total. The van der Waals surface area contributed by atoms with Crippen molar-refractivity contribution in [2.75, 3.05) is 11.9 Å². The molecule has 5 heteroatoms. The summed E-state index contributed by atoms with van der Waals surface area (Å²) >= 11 is 0. The normalized spacial score (nSPS) is 11.2. The molecular weight excluding hydrogens is 238 g/mol. The van der Waals surface area contributed by atoms with Crippen molar-refractivity contribution >= 4 is 5.95 Å². The molecule has 0 aliphatic heterocycles. The number of anilines is 1. The number of rotatable bonds is 7. The topological polar surface area (TPSA) is 47.7 Å². The molecule has 0 unspecified atom stereocenters. The van der Waals surface area contributed by atoms with Crippen LogP contribution in [0.4, 0.5) is 5.95 Å². The second-order valence-corrected chi connectivity index (χ2v) is 5.30. The maximum atomic E-state index is 4.53. The summed E-state index contributed by atoms with van der Waals surface area (Å²) in [6, 6.07) is 1.95. The zero-order valence-electron chi connectivity index (χ0n) is 12.0. The second-order valence-electron chi connectivity index (χ2n) is 5.30. The molecule has 0 aromatic carbocycles. The van der Waals surface area contributed by atoms with Crippen LogP contribution < -0.4 is 5.32 Å². The van der Waals surface area contributed by atoms with Crippen LogP contribution in [-0.4, -0.2) is 25.9 Å². The molecule has 104 valence electrons. The van der Waals surface area contributed by atoms with Gasteiger partial charge >= 0.3 is 0 Å². The Labute approximate surface area is 114 Å². The van der Waals surface area contributed by atoms with E-state index in [1.54, 1.807) is 0 Å². The van der Waals surface area contributed by atoms with Crippen molar-refractivity contribution in [2.45, 2.75) is 40.3 Å². The molecule has 2 rings (SSSR count). The van der Waals surface area contributed by atoms with Crippen molar-refractivity contribution in [3.05, 3.63) is 30.4 Å². The minimum atomic E-state index is 0.623. The average molecular weight is 261 g/mol. The molecule has 1 N–H and O–H groups in total. The van der Waals surface area contributed by atoms with E-state index in [1.165, 1.54) is 0 Å². The van der Waals surface area contributed by atoms with Gasteiger partial charge in [-0.1, -0.05) is 13.8 Å². The lowest BCUT2D eigenvalue weighted by Crippen LogP contribution is -2.12. The number of imidazole rings is 1. The lowest BCUT2D eigenvalue weighted by Gasteiger charge is -2.11. The minimum Gasteiger partial charge on any atom is -0.356 e. The Kier molecular flexibility index (Phi) is 4.60. The van der Waals surface area contributed by atoms with Crippen molar-refractivity contribution in [2.24, 2.45) is 5.92 Å². The van der Waals surface area contributed by atoms with Gasteiger partial charge in [-0.15, -0.1) is 0 Å². The Bertz CT molecular complexity index is 484. The van der Waals surface area contributed by atoms with Gasteiger partial charge in [0.2, 0.25) is 5.95 Å². The molecule has 19 heavy (non-hydrogen) atoms. The highest BCUT2D eigenvalue weighted by molar-refractivity contribution is 5.28. The number of aryl methyl sites for hydroxylation is 2. The Morgan fingerprint density at radius 3 is 2.89 bits per heavy atom. The molecule has 0 aliphatic rings. The summed E-state index contributed by atoms with van der Waals surface area (Å²) in [4.78, 5) is 4.53. The fourth-order valence-electron chi connectivity index (χ4n) is 2.09. The molecule has 0 aliphatic carbocycles. The molecule has 0 bridgehead atoms. The first-order valence-electron chi connectivity index (χ1n) is 6.90. The van der Waals surface area contributed by atoms with E-state index in [1.807, 2.05) is 30.1 Å². The smallest absolute Gasteiger partial charge is 0.203 e. The second kappa shape index (κ2) is 6.41. The molecule has 0 fully saturated rings. The predicted octanol–water partition coefficient (Wildman–Crippen LogP) is 2.55. The van der Waals surface area contributed by atoms with E-state index >= 15 is 0 Å². The number of hydrogen-bond donors (Lipinski definition) is 1. The summed E-state index contributed by atoms with van der Waals surface area (Å²) in [6.45, 7) is 9.32. The highest BCUT2D eigenvalue weighted by Gasteiger charge is 2.06. The van der Waals surface area contributed by atoms with Crippen LogP contribution in [0.5, 0.6) is 0 Å². The van der Waals surface area contributed by atoms with Crippen molar-refractivity contribution in [3.63, 3.8) is 0 Å². The number of nitrogens with zero attached hydrogens (tertiary/aromatic N) is 4. The zero-order chi connectivity index (χ0) is 13.7. The van der Waals surface area contributed by atoms with Gasteiger partial charge in [0.05, 0.1) is 5.69 Å². The van der Waals surface area contributed by atoms with Gasteiger partial charge in [0, 0.05) is 38.2 Å². The standard InChI is InChI=1S/C14H23N5/c1-12(2)10-18-11-13(3)17-14(18)15-6-4-8-19-9-5-7-16-19/h5,7,9,11-12H,4,6,8,10H2,1-3H3,(H,15,17). The van der Waals surface area contributed by atoms with Crippen LogP contribution in [0, 0.1) is 12.8 Å². The Hall–Kier alpha value is -1.78. The number of aromatic nitrogens is 4. The zero-order valence-corrected chi connectivity index (χ0v) is 12.0. The van der Waals surface area contributed by atoms with Crippen LogP contribution in [0.2, 0.25) is 0 Å². The molecule has 2 heterocycles. The maximum absolute atomic E-state index is 4.53. The lowest BCUT2D eigenvalue weighted by atomic mass is 10.2. The molecular formula is C14H23N5. The van der Waals surface area contributed by atoms with Crippen molar-refractivity contribution in [1.82, 2.24) is 19.3 Å². The molecule has 0 radical (unpaired) electrons. The van der Waals surface area contributed by atoms with Gasteiger partial charge in [-0.3, -0.25) is 4.68 Å². The van der Waals surface area contributed by atoms with E-state index in [-0.39, 0.29) is 0 Å². The van der Waals surface area contributed by atoms with Crippen LogP contribution in [-0.2, 0) is 13.1 Å². The monoisotopic (exact) mass is 261 g/mol. The average Bonchev–Trinajstić information content (AvgIpc) is 2.94. The van der Waals surface area contributed by atoms with Crippen LogP contribution in [0.25, 0.3) is 0 Å². The molecule has 0 amide bonds. The first-order chi connectivity index (χ1) is 9.15. The molecule has 0 atom stereocenters. The van der Waals surface area contributed by atoms with Crippen LogP contribution >= 0.6 is 0 Å². The van der Waals surface area contributed by atoms with Crippen LogP contribution in [0.15, 0.2) is 24.7 Å². The van der Waals surface area contributed by atoms with Gasteiger partial charge in [-0.05, 0) is 25.3 Å². The molecule has 2 aromatic rings. The molecule has 0 saturated heterocycles. The summed E-state index contributed by atoms with van der Waals surface area (Å²) in [7, 11) is 0. The van der Waals surface area contributed by atoms with E-state index in [4.69, 9.17) is 0 Å². The van der Waals surface area contributed by atoms with Gasteiger partial charge < -0.3 is 9.88 Å². The summed E-state index contributed by atoms with van der Waals surface area (Å²) in [5.74, 6) is 1.60. The lowest BCUT2D eigenvalue weighted by molar-refractivity contribution is 0.524. The van der Waals surface area contributed by atoms with E-state index < -0.39 is 0 Å². The fourth-order valence-corrected chi connectivity index (χ4v) is 2.09. The summed E-state index contributed by atoms with van der Waals surface area (Å²) in [5, 5.41) is 7.60. The van der Waals surface area contributed by atoms with E-state index in [2.05, 4.69) is 40.0 Å². The minimum absolute atomic E-state index is 0.623. The summed E-state index contributed by atoms with van der Waals surface area (Å²) < 4.78 is 4.15. The third kappa shape index (κ3) is 4.12. The fraction of sp³-hybridized carbons (Fsp3) is 0.571. The Morgan fingerprint density at radius 2 is 2.21 bits per heavy atom. The first-order valence-corrected chi connectivity index (χ1v) is 6.90. The highest BCUT2D eigenvalue weighted by atomic mass is 15.3. The van der Waals surface area contributed by atoms with E-state index in [0.717, 1.165) is 37.7 Å². The third-order valence-corrected chi connectivity index (χ3v) is 2.87. The first kappa shape index (κ1) is 13.6. The Morgan fingerprint density at radius 1 is 1.37 bits per heavy atom. The van der Waals surface area contributed by atoms with Gasteiger partial charge in [-0.25, -0.2) is 4.98 Å². The van der Waals surface area contributed by atoms with Crippen LogP contribution in [0.3, 0.4) is 0 Å². The van der Waals surface area contributed by atoms with Crippen molar-refractivity contribution in [1.29, 1.82) is 0 Å². The number of hydrogen-bond acceptors (Lipinski definition) is 3. The van der Waals surface area contributed by atoms with Gasteiger partial charge in [0.25, 0.3) is 0 Å². The molecule has 2 aromatic heterocycles. The van der Waals surface area contributed by atoms with Crippen molar-refractivity contribution in [3.8, 4) is 0 Å². The predicted molar refractivity (Wildman–Crippen MR) is 77.1 cm³/mol. The van der Waals surface area contributed by atoms with E-state index in [9.17, 15) is 0 Å². The Balaban J connectivity index is 1.81. The van der Waals surface area contributed by atoms with E-state index in [0.29, 0.717) is 5.92 Å². The SMILES string of the molecule is Cc1cn(CC(C)C)c(NCCCn2cccn2)n1. The largest absolute Gasteiger partial charge is 0.356 e. The number of nitrogens with one attached hydrogen (secondary N) is 1. The third-order valence-electron chi connectivity index (χ3n) is 2.87. The van der Waals surface area contributed by atoms with Crippen LogP contribution in [0.1, 0.15) is 26.0 Å². The molecule has 0 saturated carbocycles. The van der Waals surface area contributed by atoms with Crippen molar-refractivity contribution < 1.29 is 0 Å². The quantitative estimate of drug-likeness (QED) is 0.779. The summed E-state index contributed by atoms with van der Waals surface area (Å²) in [5.41, 5.74) is 1.07.